The third kappa shape index (κ3) is 4.50. The summed E-state index contributed by atoms with van der Waals surface area (Å²) in [7, 11) is 1.94. The number of aliphatic hydroxyl groups is 1. The molecule has 9 heteroatoms. The number of carbonyl (C=O) groups is 1. The number of rotatable bonds is 4. The maximum Gasteiger partial charge on any atom is 0.272 e. The highest BCUT2D eigenvalue weighted by molar-refractivity contribution is 6.31. The molecule has 2 N–H and O–H groups in total. The summed E-state index contributed by atoms with van der Waals surface area (Å²) in [5.74, 6) is -1.85. The van der Waals surface area contributed by atoms with Crippen molar-refractivity contribution in [1.82, 2.24) is 19.8 Å². The van der Waals surface area contributed by atoms with Crippen LogP contribution in [0.3, 0.4) is 0 Å². The molecular formula is C21H27ClF2N4O2. The van der Waals surface area contributed by atoms with Crippen LogP contribution in [0.4, 0.5) is 8.78 Å². The Morgan fingerprint density at radius 3 is 2.63 bits per heavy atom. The summed E-state index contributed by atoms with van der Waals surface area (Å²) in [6.45, 7) is 7.30. The van der Waals surface area contributed by atoms with E-state index in [-0.39, 0.29) is 34.1 Å². The van der Waals surface area contributed by atoms with Crippen molar-refractivity contribution in [3.63, 3.8) is 0 Å². The average molecular weight is 441 g/mol. The van der Waals surface area contributed by atoms with E-state index in [1.807, 2.05) is 27.8 Å². The fourth-order valence-corrected chi connectivity index (χ4v) is 3.73. The number of amides is 1. The second-order valence-electron chi connectivity index (χ2n) is 8.79. The van der Waals surface area contributed by atoms with Gasteiger partial charge in [0.05, 0.1) is 28.9 Å². The maximum atomic E-state index is 14.6. The number of hydrogen-bond acceptors (Lipinski definition) is 4. The molecule has 0 radical (unpaired) electrons. The molecule has 0 spiro atoms. The number of benzene rings is 1. The Morgan fingerprint density at radius 2 is 2.00 bits per heavy atom. The molecule has 0 fully saturated rings. The van der Waals surface area contributed by atoms with Crippen LogP contribution < -0.4 is 5.32 Å². The summed E-state index contributed by atoms with van der Waals surface area (Å²) in [6, 6.07) is 1.44. The molecule has 1 atom stereocenters. The van der Waals surface area contributed by atoms with Crippen LogP contribution in [0.2, 0.25) is 5.02 Å². The fraction of sp³-hybridized carbons (Fsp3) is 0.524. The zero-order valence-corrected chi connectivity index (χ0v) is 18.4. The van der Waals surface area contributed by atoms with E-state index in [2.05, 4.69) is 15.2 Å². The van der Waals surface area contributed by atoms with Crippen molar-refractivity contribution in [2.24, 2.45) is 5.41 Å². The van der Waals surface area contributed by atoms with Gasteiger partial charge in [0.2, 0.25) is 0 Å². The predicted molar refractivity (Wildman–Crippen MR) is 111 cm³/mol. The van der Waals surface area contributed by atoms with Gasteiger partial charge in [-0.3, -0.25) is 4.79 Å². The number of fused-ring (bicyclic) bond motifs is 1. The Hall–Kier alpha value is -2.03. The molecule has 0 aliphatic carbocycles. The standard InChI is InChI=1S/C21H27ClF2N4O2/c1-21(2,3)17(11-29)25-20(30)18-16-10-27(4)6-5-7-28(16)19(26-18)12-8-13(22)15(24)9-14(12)23/h8-9,17,29H,5-7,10-11H2,1-4H3,(H,25,30)/t17-/m1/s1. The average Bonchev–Trinajstić information content (AvgIpc) is 2.87. The minimum absolute atomic E-state index is 0.0424. The quantitative estimate of drug-likeness (QED) is 0.714. The lowest BCUT2D eigenvalue weighted by molar-refractivity contribution is 0.0841. The number of carbonyl (C=O) groups excluding carboxylic acids is 1. The molecule has 0 saturated heterocycles. The van der Waals surface area contributed by atoms with Crippen molar-refractivity contribution in [3.8, 4) is 11.4 Å². The van der Waals surface area contributed by atoms with Gasteiger partial charge in [-0.1, -0.05) is 32.4 Å². The summed E-state index contributed by atoms with van der Waals surface area (Å²) >= 11 is 5.89. The predicted octanol–water partition coefficient (Wildman–Crippen LogP) is 3.45. The lowest BCUT2D eigenvalue weighted by Gasteiger charge is -2.29. The molecule has 3 rings (SSSR count). The van der Waals surface area contributed by atoms with Crippen molar-refractivity contribution in [2.45, 2.75) is 46.3 Å². The Kier molecular flexibility index (Phi) is 6.50. The third-order valence-corrected chi connectivity index (χ3v) is 5.70. The monoisotopic (exact) mass is 440 g/mol. The van der Waals surface area contributed by atoms with E-state index < -0.39 is 23.6 Å². The summed E-state index contributed by atoms with van der Waals surface area (Å²) in [4.78, 5) is 19.6. The Balaban J connectivity index is 2.11. The molecule has 164 valence electrons. The molecule has 1 amide bonds. The first-order valence-electron chi connectivity index (χ1n) is 9.87. The highest BCUT2D eigenvalue weighted by Gasteiger charge is 2.31. The lowest BCUT2D eigenvalue weighted by Crippen LogP contribution is -2.46. The molecule has 6 nitrogen and oxygen atoms in total. The molecule has 2 aromatic rings. The Bertz CT molecular complexity index is 955. The lowest BCUT2D eigenvalue weighted by atomic mass is 9.87. The van der Waals surface area contributed by atoms with E-state index in [9.17, 15) is 18.7 Å². The molecule has 1 aromatic heterocycles. The smallest absolute Gasteiger partial charge is 0.272 e. The zero-order valence-electron chi connectivity index (χ0n) is 17.6. The normalized spacial score (nSPS) is 16.1. The number of nitrogens with zero attached hydrogens (tertiary/aromatic N) is 3. The molecule has 2 heterocycles. The van der Waals surface area contributed by atoms with E-state index >= 15 is 0 Å². The summed E-state index contributed by atoms with van der Waals surface area (Å²) in [5, 5.41) is 12.3. The van der Waals surface area contributed by atoms with Crippen molar-refractivity contribution < 1.29 is 18.7 Å². The second-order valence-corrected chi connectivity index (χ2v) is 9.20. The van der Waals surface area contributed by atoms with Crippen LogP contribution in [0, 0.1) is 17.0 Å². The summed E-state index contributed by atoms with van der Waals surface area (Å²) in [5.41, 5.74) is 0.493. The molecule has 0 unspecified atom stereocenters. The number of halogens is 3. The molecule has 1 aliphatic heterocycles. The van der Waals surface area contributed by atoms with Crippen LogP contribution in [-0.2, 0) is 13.1 Å². The minimum Gasteiger partial charge on any atom is -0.394 e. The van der Waals surface area contributed by atoms with Gasteiger partial charge in [0, 0.05) is 19.2 Å². The first kappa shape index (κ1) is 22.7. The topological polar surface area (TPSA) is 70.4 Å². The molecule has 1 aliphatic rings. The van der Waals surface area contributed by atoms with Gasteiger partial charge in [-0.25, -0.2) is 13.8 Å². The van der Waals surface area contributed by atoms with Gasteiger partial charge in [0.1, 0.15) is 17.5 Å². The SMILES string of the molecule is CN1CCCn2c(-c3cc(Cl)c(F)cc3F)nc(C(=O)N[C@H](CO)C(C)(C)C)c2C1. The van der Waals surface area contributed by atoms with Crippen LogP contribution >= 0.6 is 11.6 Å². The van der Waals surface area contributed by atoms with E-state index in [0.717, 1.165) is 19.0 Å². The van der Waals surface area contributed by atoms with Crippen LogP contribution in [0.5, 0.6) is 0 Å². The van der Waals surface area contributed by atoms with Gasteiger partial charge in [0.15, 0.2) is 5.69 Å². The summed E-state index contributed by atoms with van der Waals surface area (Å²) < 4.78 is 30.1. The van der Waals surface area contributed by atoms with Gasteiger partial charge < -0.3 is 19.9 Å². The third-order valence-electron chi connectivity index (χ3n) is 5.41. The van der Waals surface area contributed by atoms with E-state index in [1.165, 1.54) is 6.07 Å². The Morgan fingerprint density at radius 1 is 1.30 bits per heavy atom. The van der Waals surface area contributed by atoms with Crippen molar-refractivity contribution >= 4 is 17.5 Å². The van der Waals surface area contributed by atoms with Gasteiger partial charge in [-0.15, -0.1) is 0 Å². The highest BCUT2D eigenvalue weighted by atomic mass is 35.5. The molecule has 1 aromatic carbocycles. The molecule has 0 bridgehead atoms. The second kappa shape index (κ2) is 8.61. The van der Waals surface area contributed by atoms with Crippen LogP contribution in [0.1, 0.15) is 43.4 Å². The number of imidazole rings is 1. The maximum absolute atomic E-state index is 14.6. The van der Waals surface area contributed by atoms with Crippen molar-refractivity contribution in [2.75, 3.05) is 20.2 Å². The van der Waals surface area contributed by atoms with Crippen molar-refractivity contribution in [1.29, 1.82) is 0 Å². The van der Waals surface area contributed by atoms with Crippen LogP contribution in [0.15, 0.2) is 12.1 Å². The Labute approximate surface area is 179 Å². The van der Waals surface area contributed by atoms with Crippen LogP contribution in [-0.4, -0.2) is 51.7 Å². The number of hydrogen-bond donors (Lipinski definition) is 2. The fourth-order valence-electron chi connectivity index (χ4n) is 3.57. The number of aromatic nitrogens is 2. The van der Waals surface area contributed by atoms with Gasteiger partial charge >= 0.3 is 0 Å². The first-order valence-corrected chi connectivity index (χ1v) is 10.2. The highest BCUT2D eigenvalue weighted by Crippen LogP contribution is 2.31. The largest absolute Gasteiger partial charge is 0.394 e. The molecule has 30 heavy (non-hydrogen) atoms. The van der Waals surface area contributed by atoms with Crippen molar-refractivity contribution in [3.05, 3.63) is 40.2 Å². The van der Waals surface area contributed by atoms with Crippen LogP contribution in [0.25, 0.3) is 11.4 Å². The van der Waals surface area contributed by atoms with Gasteiger partial charge in [0.25, 0.3) is 5.91 Å². The zero-order chi connectivity index (χ0) is 22.2. The van der Waals surface area contributed by atoms with Gasteiger partial charge in [-0.05, 0) is 31.5 Å². The number of nitrogens with one attached hydrogen (secondary N) is 1. The first-order chi connectivity index (χ1) is 14.0. The molecular weight excluding hydrogens is 414 g/mol. The molecule has 0 saturated carbocycles. The van der Waals surface area contributed by atoms with Gasteiger partial charge in [-0.2, -0.15) is 0 Å². The summed E-state index contributed by atoms with van der Waals surface area (Å²) in [6.07, 6.45) is 0.783. The van der Waals surface area contributed by atoms with E-state index in [0.29, 0.717) is 18.8 Å². The number of aliphatic hydroxyl groups excluding tert-OH is 1. The van der Waals surface area contributed by atoms with E-state index in [1.54, 1.807) is 4.57 Å². The van der Waals surface area contributed by atoms with E-state index in [4.69, 9.17) is 11.6 Å². The minimum atomic E-state index is -0.853.